The van der Waals surface area contributed by atoms with E-state index in [9.17, 15) is 4.79 Å². The maximum Gasteiger partial charge on any atom is 0.249 e. The summed E-state index contributed by atoms with van der Waals surface area (Å²) in [6, 6.07) is 12.6. The van der Waals surface area contributed by atoms with Crippen molar-refractivity contribution < 1.29 is 14.3 Å². The quantitative estimate of drug-likeness (QED) is 0.709. The second-order valence-corrected chi connectivity index (χ2v) is 7.23. The number of aromatic nitrogens is 1. The average molecular weight is 370 g/mol. The van der Waals surface area contributed by atoms with Gasteiger partial charge in [-0.05, 0) is 42.7 Å². The monoisotopic (exact) mass is 370 g/mol. The van der Waals surface area contributed by atoms with Crippen LogP contribution in [-0.4, -0.2) is 42.2 Å². The number of carbonyl (C=O) groups is 1. The molecule has 1 saturated carbocycles. The SMILES string of the molecule is COCC(=O)N(Cc1cccn1Cc1cccc(OC)c1)C1CCCCC1. The van der Waals surface area contributed by atoms with Gasteiger partial charge in [-0.2, -0.15) is 0 Å². The highest BCUT2D eigenvalue weighted by molar-refractivity contribution is 5.77. The summed E-state index contributed by atoms with van der Waals surface area (Å²) >= 11 is 0. The van der Waals surface area contributed by atoms with Crippen LogP contribution in [0.25, 0.3) is 0 Å². The zero-order valence-corrected chi connectivity index (χ0v) is 16.4. The van der Waals surface area contributed by atoms with Gasteiger partial charge in [-0.15, -0.1) is 0 Å². The molecule has 5 heteroatoms. The lowest BCUT2D eigenvalue weighted by atomic mass is 9.94. The number of rotatable bonds is 8. The zero-order chi connectivity index (χ0) is 19.1. The molecule has 3 rings (SSSR count). The van der Waals surface area contributed by atoms with E-state index in [0.29, 0.717) is 12.6 Å². The van der Waals surface area contributed by atoms with Gasteiger partial charge in [0.25, 0.3) is 0 Å². The van der Waals surface area contributed by atoms with Gasteiger partial charge in [-0.1, -0.05) is 31.4 Å². The molecule has 1 aromatic heterocycles. The lowest BCUT2D eigenvalue weighted by Gasteiger charge is -2.34. The fourth-order valence-electron chi connectivity index (χ4n) is 3.91. The van der Waals surface area contributed by atoms with Gasteiger partial charge in [0.15, 0.2) is 0 Å². The smallest absolute Gasteiger partial charge is 0.249 e. The van der Waals surface area contributed by atoms with Gasteiger partial charge in [0.1, 0.15) is 12.4 Å². The van der Waals surface area contributed by atoms with E-state index in [1.807, 2.05) is 17.0 Å². The van der Waals surface area contributed by atoms with Crippen LogP contribution >= 0.6 is 0 Å². The zero-order valence-electron chi connectivity index (χ0n) is 16.4. The largest absolute Gasteiger partial charge is 0.497 e. The molecule has 1 aliphatic carbocycles. The van der Waals surface area contributed by atoms with E-state index in [1.165, 1.54) is 24.8 Å². The van der Waals surface area contributed by atoms with Crippen molar-refractivity contribution in [2.75, 3.05) is 20.8 Å². The first kappa shape index (κ1) is 19.5. The summed E-state index contributed by atoms with van der Waals surface area (Å²) in [6.07, 6.45) is 7.93. The molecule has 0 radical (unpaired) electrons. The molecule has 0 N–H and O–H groups in total. The van der Waals surface area contributed by atoms with Crippen LogP contribution in [0.15, 0.2) is 42.6 Å². The third-order valence-electron chi connectivity index (χ3n) is 5.35. The molecule has 1 aliphatic rings. The number of methoxy groups -OCH3 is 2. The second kappa shape index (κ2) is 9.60. The molecule has 27 heavy (non-hydrogen) atoms. The molecular formula is C22H30N2O3. The lowest BCUT2D eigenvalue weighted by Crippen LogP contribution is -2.43. The first-order chi connectivity index (χ1) is 13.2. The molecule has 0 atom stereocenters. The molecule has 1 fully saturated rings. The Morgan fingerprint density at radius 1 is 1.15 bits per heavy atom. The number of carbonyl (C=O) groups excluding carboxylic acids is 1. The van der Waals surface area contributed by atoms with Crippen LogP contribution in [0.1, 0.15) is 43.4 Å². The van der Waals surface area contributed by atoms with Crippen LogP contribution in [0.5, 0.6) is 5.75 Å². The number of ether oxygens (including phenoxy) is 2. The van der Waals surface area contributed by atoms with Crippen LogP contribution in [0.2, 0.25) is 0 Å². The number of nitrogens with zero attached hydrogens (tertiary/aromatic N) is 2. The summed E-state index contributed by atoms with van der Waals surface area (Å²) < 4.78 is 12.7. The van der Waals surface area contributed by atoms with Gasteiger partial charge >= 0.3 is 0 Å². The van der Waals surface area contributed by atoms with Gasteiger partial charge in [0.05, 0.1) is 13.7 Å². The normalized spacial score (nSPS) is 14.9. The standard InChI is InChI=1S/C22H30N2O3/c1-26-17-22(25)24(19-9-4-3-5-10-19)16-20-11-7-13-23(20)15-18-8-6-12-21(14-18)27-2/h6-8,11-14,19H,3-5,9-10,15-17H2,1-2H3. The van der Waals surface area contributed by atoms with Crippen LogP contribution in [0, 0.1) is 0 Å². The topological polar surface area (TPSA) is 43.7 Å². The number of hydrogen-bond donors (Lipinski definition) is 0. The number of hydrogen-bond acceptors (Lipinski definition) is 3. The molecular weight excluding hydrogens is 340 g/mol. The van der Waals surface area contributed by atoms with E-state index < -0.39 is 0 Å². The maximum atomic E-state index is 12.7. The minimum absolute atomic E-state index is 0.0820. The highest BCUT2D eigenvalue weighted by Gasteiger charge is 2.26. The summed E-state index contributed by atoms with van der Waals surface area (Å²) in [4.78, 5) is 14.7. The molecule has 1 amide bonds. The predicted octanol–water partition coefficient (Wildman–Crippen LogP) is 3.85. The van der Waals surface area contributed by atoms with Gasteiger partial charge in [0, 0.05) is 31.6 Å². The third kappa shape index (κ3) is 5.13. The van der Waals surface area contributed by atoms with Crippen molar-refractivity contribution in [1.29, 1.82) is 0 Å². The molecule has 2 aromatic rings. The van der Waals surface area contributed by atoms with E-state index in [2.05, 4.69) is 35.0 Å². The molecule has 0 unspecified atom stereocenters. The van der Waals surface area contributed by atoms with E-state index in [0.717, 1.165) is 30.8 Å². The summed E-state index contributed by atoms with van der Waals surface area (Å²) in [7, 11) is 3.27. The first-order valence-corrected chi connectivity index (χ1v) is 9.76. The third-order valence-corrected chi connectivity index (χ3v) is 5.35. The molecule has 5 nitrogen and oxygen atoms in total. The summed E-state index contributed by atoms with van der Waals surface area (Å²) in [5.74, 6) is 0.943. The highest BCUT2D eigenvalue weighted by Crippen LogP contribution is 2.25. The fourth-order valence-corrected chi connectivity index (χ4v) is 3.91. The Kier molecular flexibility index (Phi) is 6.93. The van der Waals surface area contributed by atoms with Crippen LogP contribution in [0.4, 0.5) is 0 Å². The van der Waals surface area contributed by atoms with Crippen molar-refractivity contribution in [3.8, 4) is 5.75 Å². The van der Waals surface area contributed by atoms with E-state index in [1.54, 1.807) is 14.2 Å². The van der Waals surface area contributed by atoms with E-state index in [4.69, 9.17) is 9.47 Å². The van der Waals surface area contributed by atoms with Crippen molar-refractivity contribution in [2.24, 2.45) is 0 Å². The molecule has 0 saturated heterocycles. The average Bonchev–Trinajstić information content (AvgIpc) is 3.13. The van der Waals surface area contributed by atoms with Crippen molar-refractivity contribution in [3.63, 3.8) is 0 Å². The van der Waals surface area contributed by atoms with E-state index in [-0.39, 0.29) is 12.5 Å². The Morgan fingerprint density at radius 3 is 2.70 bits per heavy atom. The minimum atomic E-state index is 0.0820. The predicted molar refractivity (Wildman–Crippen MR) is 106 cm³/mol. The Bertz CT molecular complexity index is 735. The minimum Gasteiger partial charge on any atom is -0.497 e. The summed E-state index contributed by atoms with van der Waals surface area (Å²) in [5.41, 5.74) is 2.33. The van der Waals surface area contributed by atoms with Gasteiger partial charge in [-0.3, -0.25) is 4.79 Å². The van der Waals surface area contributed by atoms with Crippen molar-refractivity contribution in [3.05, 3.63) is 53.9 Å². The Morgan fingerprint density at radius 2 is 1.96 bits per heavy atom. The molecule has 0 spiro atoms. The van der Waals surface area contributed by atoms with Gasteiger partial charge < -0.3 is 18.9 Å². The van der Waals surface area contributed by atoms with E-state index >= 15 is 0 Å². The van der Waals surface area contributed by atoms with Gasteiger partial charge in [0.2, 0.25) is 5.91 Å². The molecule has 1 heterocycles. The Hall–Kier alpha value is -2.27. The van der Waals surface area contributed by atoms with Gasteiger partial charge in [-0.25, -0.2) is 0 Å². The summed E-state index contributed by atoms with van der Waals surface area (Å²) in [6.45, 7) is 1.54. The Labute approximate surface area is 161 Å². The number of benzene rings is 1. The van der Waals surface area contributed by atoms with Crippen LogP contribution in [-0.2, 0) is 22.6 Å². The molecule has 146 valence electrons. The molecule has 0 bridgehead atoms. The molecule has 1 aromatic carbocycles. The molecule has 0 aliphatic heterocycles. The lowest BCUT2D eigenvalue weighted by molar-refractivity contribution is -0.139. The fraction of sp³-hybridized carbons (Fsp3) is 0.500. The highest BCUT2D eigenvalue weighted by atomic mass is 16.5. The second-order valence-electron chi connectivity index (χ2n) is 7.23. The first-order valence-electron chi connectivity index (χ1n) is 9.76. The van der Waals surface area contributed by atoms with Crippen LogP contribution in [0.3, 0.4) is 0 Å². The van der Waals surface area contributed by atoms with Crippen molar-refractivity contribution >= 4 is 5.91 Å². The Balaban J connectivity index is 1.76. The van der Waals surface area contributed by atoms with Crippen molar-refractivity contribution in [1.82, 2.24) is 9.47 Å². The van der Waals surface area contributed by atoms with Crippen LogP contribution < -0.4 is 4.74 Å². The maximum absolute atomic E-state index is 12.7. The number of amides is 1. The summed E-state index contributed by atoms with van der Waals surface area (Å²) in [5, 5.41) is 0. The van der Waals surface area contributed by atoms with Crippen molar-refractivity contribution in [2.45, 2.75) is 51.2 Å².